The summed E-state index contributed by atoms with van der Waals surface area (Å²) in [6.07, 6.45) is 11.5. The first kappa shape index (κ1) is 15.9. The predicted molar refractivity (Wildman–Crippen MR) is 91.9 cm³/mol. The topological polar surface area (TPSA) is 37.3 Å². The van der Waals surface area contributed by atoms with Crippen molar-refractivity contribution < 1.29 is 9.90 Å². The number of rotatable bonds is 1. The molecule has 3 unspecified atom stereocenters. The highest BCUT2D eigenvalue weighted by molar-refractivity contribution is 5.79. The van der Waals surface area contributed by atoms with Gasteiger partial charge in [-0.05, 0) is 86.9 Å². The number of Topliss-reactive ketones (excluding diaryl/α,β-unsaturated/α-hetero) is 1. The van der Waals surface area contributed by atoms with Crippen molar-refractivity contribution in [3.63, 3.8) is 0 Å². The van der Waals surface area contributed by atoms with E-state index in [0.717, 1.165) is 43.4 Å². The first-order chi connectivity index (χ1) is 10.9. The van der Waals surface area contributed by atoms with Gasteiger partial charge >= 0.3 is 0 Å². The molecule has 3 fully saturated rings. The van der Waals surface area contributed by atoms with Crippen molar-refractivity contribution in [3.05, 3.63) is 11.6 Å². The summed E-state index contributed by atoms with van der Waals surface area (Å²) in [5.41, 5.74) is 2.11. The molecule has 0 radical (unpaired) electrons. The summed E-state index contributed by atoms with van der Waals surface area (Å²) in [6.45, 7) is 6.70. The Bertz CT molecular complexity index is 550. The van der Waals surface area contributed by atoms with Crippen molar-refractivity contribution in [2.45, 2.75) is 78.2 Å². The van der Waals surface area contributed by atoms with Gasteiger partial charge < -0.3 is 5.11 Å². The van der Waals surface area contributed by atoms with Crippen LogP contribution in [-0.4, -0.2) is 17.0 Å². The molecule has 3 saturated carbocycles. The van der Waals surface area contributed by atoms with Gasteiger partial charge in [0.2, 0.25) is 0 Å². The van der Waals surface area contributed by atoms with Gasteiger partial charge in [0.05, 0.1) is 6.10 Å². The molecular weight excluding hydrogens is 284 g/mol. The maximum absolute atomic E-state index is 12.2. The van der Waals surface area contributed by atoms with Crippen LogP contribution in [0.3, 0.4) is 0 Å². The minimum Gasteiger partial charge on any atom is -0.393 e. The lowest BCUT2D eigenvalue weighted by Crippen LogP contribution is -2.50. The Balaban J connectivity index is 1.66. The van der Waals surface area contributed by atoms with Crippen molar-refractivity contribution in [2.75, 3.05) is 0 Å². The highest BCUT2D eigenvalue weighted by atomic mass is 16.3. The molecule has 0 bridgehead atoms. The quantitative estimate of drug-likeness (QED) is 0.722. The molecule has 4 aliphatic rings. The van der Waals surface area contributed by atoms with Gasteiger partial charge in [-0.2, -0.15) is 0 Å². The number of carbonyl (C=O) groups is 1. The van der Waals surface area contributed by atoms with Gasteiger partial charge in [0.1, 0.15) is 5.78 Å². The van der Waals surface area contributed by atoms with Crippen molar-refractivity contribution in [2.24, 2.45) is 34.5 Å². The Morgan fingerprint density at radius 2 is 1.91 bits per heavy atom. The van der Waals surface area contributed by atoms with Crippen LogP contribution < -0.4 is 0 Å². The molecule has 23 heavy (non-hydrogen) atoms. The van der Waals surface area contributed by atoms with Gasteiger partial charge in [-0.1, -0.05) is 25.5 Å². The Labute approximate surface area is 140 Å². The highest BCUT2D eigenvalue weighted by Gasteiger charge is 2.59. The van der Waals surface area contributed by atoms with Crippen LogP contribution in [0.5, 0.6) is 0 Å². The number of allylic oxidation sites excluding steroid dienone is 1. The van der Waals surface area contributed by atoms with E-state index in [4.69, 9.17) is 0 Å². The fraction of sp³-hybridized carbons (Fsp3) is 0.857. The average molecular weight is 316 g/mol. The molecule has 0 aromatic carbocycles. The molecule has 0 spiro atoms. The second kappa shape index (κ2) is 5.18. The van der Waals surface area contributed by atoms with Gasteiger partial charge in [-0.15, -0.1) is 0 Å². The van der Waals surface area contributed by atoms with Crippen LogP contribution in [0.25, 0.3) is 0 Å². The van der Waals surface area contributed by atoms with Gasteiger partial charge in [0, 0.05) is 5.92 Å². The number of ketones is 1. The molecule has 4 aliphatic carbocycles. The fourth-order valence-corrected chi connectivity index (χ4v) is 7.31. The molecule has 2 heteroatoms. The van der Waals surface area contributed by atoms with E-state index in [9.17, 15) is 9.90 Å². The summed E-state index contributed by atoms with van der Waals surface area (Å²) in [5, 5.41) is 10.1. The third-order valence-corrected chi connectivity index (χ3v) is 8.57. The van der Waals surface area contributed by atoms with Gasteiger partial charge in [-0.3, -0.25) is 4.79 Å². The normalized spacial score (nSPS) is 52.2. The molecule has 0 heterocycles. The SMILES string of the molecule is CC(=O)C1CCC2[C@@H]3CC=C4C[C@@H](O)CC[C@]4(C)C3CC[C@]12C. The summed E-state index contributed by atoms with van der Waals surface area (Å²) >= 11 is 0. The molecule has 0 amide bonds. The third kappa shape index (κ3) is 2.13. The summed E-state index contributed by atoms with van der Waals surface area (Å²) < 4.78 is 0. The molecule has 4 rings (SSSR count). The smallest absolute Gasteiger partial charge is 0.133 e. The van der Waals surface area contributed by atoms with Crippen LogP contribution >= 0.6 is 0 Å². The Morgan fingerprint density at radius 1 is 1.13 bits per heavy atom. The van der Waals surface area contributed by atoms with Crippen molar-refractivity contribution in [1.29, 1.82) is 0 Å². The van der Waals surface area contributed by atoms with Crippen LogP contribution in [0.2, 0.25) is 0 Å². The number of carbonyl (C=O) groups excluding carboxylic acids is 1. The minimum atomic E-state index is -0.117. The molecule has 7 atom stereocenters. The van der Waals surface area contributed by atoms with E-state index in [1.54, 1.807) is 5.57 Å². The van der Waals surface area contributed by atoms with E-state index in [2.05, 4.69) is 19.9 Å². The number of aliphatic hydroxyl groups is 1. The van der Waals surface area contributed by atoms with Crippen molar-refractivity contribution >= 4 is 5.78 Å². The monoisotopic (exact) mass is 316 g/mol. The molecule has 1 N–H and O–H groups in total. The predicted octanol–water partition coefficient (Wildman–Crippen LogP) is 4.52. The first-order valence-corrected chi connectivity index (χ1v) is 9.74. The number of hydrogen-bond acceptors (Lipinski definition) is 2. The largest absolute Gasteiger partial charge is 0.393 e. The highest BCUT2D eigenvalue weighted by Crippen LogP contribution is 2.66. The molecule has 128 valence electrons. The van der Waals surface area contributed by atoms with Crippen molar-refractivity contribution in [3.8, 4) is 0 Å². The summed E-state index contributed by atoms with van der Waals surface area (Å²) in [7, 11) is 0. The van der Waals surface area contributed by atoms with Crippen LogP contribution in [0.4, 0.5) is 0 Å². The molecule has 0 saturated heterocycles. The Kier molecular flexibility index (Phi) is 3.58. The number of aliphatic hydroxyl groups excluding tert-OH is 1. The Morgan fingerprint density at radius 3 is 2.65 bits per heavy atom. The van der Waals surface area contributed by atoms with E-state index in [1.165, 1.54) is 25.7 Å². The lowest BCUT2D eigenvalue weighted by Gasteiger charge is -2.57. The summed E-state index contributed by atoms with van der Waals surface area (Å²) in [5.74, 6) is 3.00. The van der Waals surface area contributed by atoms with Crippen LogP contribution in [0, 0.1) is 34.5 Å². The lowest BCUT2D eigenvalue weighted by molar-refractivity contribution is -0.127. The third-order valence-electron chi connectivity index (χ3n) is 8.57. The molecular formula is C21H32O2. The molecule has 2 nitrogen and oxygen atoms in total. The maximum Gasteiger partial charge on any atom is 0.133 e. The Hall–Kier alpha value is -0.630. The van der Waals surface area contributed by atoms with Crippen LogP contribution in [0.15, 0.2) is 11.6 Å². The summed E-state index contributed by atoms with van der Waals surface area (Å²) in [4.78, 5) is 12.2. The summed E-state index contributed by atoms with van der Waals surface area (Å²) in [6, 6.07) is 0. The van der Waals surface area contributed by atoms with E-state index < -0.39 is 0 Å². The van der Waals surface area contributed by atoms with E-state index in [0.29, 0.717) is 17.1 Å². The van der Waals surface area contributed by atoms with Gasteiger partial charge in [-0.25, -0.2) is 0 Å². The van der Waals surface area contributed by atoms with E-state index in [-0.39, 0.29) is 11.5 Å². The van der Waals surface area contributed by atoms with Crippen molar-refractivity contribution in [1.82, 2.24) is 0 Å². The molecule has 0 aromatic rings. The zero-order valence-corrected chi connectivity index (χ0v) is 15.0. The second-order valence-electron chi connectivity index (χ2n) is 9.44. The second-order valence-corrected chi connectivity index (χ2v) is 9.44. The zero-order valence-electron chi connectivity index (χ0n) is 15.0. The fourth-order valence-electron chi connectivity index (χ4n) is 7.31. The average Bonchev–Trinajstić information content (AvgIpc) is 2.85. The van der Waals surface area contributed by atoms with E-state index in [1.807, 2.05) is 6.92 Å². The lowest BCUT2D eigenvalue weighted by atomic mass is 9.47. The zero-order chi connectivity index (χ0) is 16.4. The van der Waals surface area contributed by atoms with E-state index >= 15 is 0 Å². The van der Waals surface area contributed by atoms with Crippen LogP contribution in [-0.2, 0) is 4.79 Å². The first-order valence-electron chi connectivity index (χ1n) is 9.74. The number of hydrogen-bond donors (Lipinski definition) is 1. The standard InChI is InChI=1S/C21H32O2/c1-13(22)17-6-7-18-16-5-4-14-12-15(23)8-10-20(14,2)19(16)9-11-21(17,18)3/h4,15-19,23H,5-12H2,1-3H3/t15-,16-,17?,18?,19?,20-,21+/m0/s1. The van der Waals surface area contributed by atoms with Gasteiger partial charge in [0.25, 0.3) is 0 Å². The maximum atomic E-state index is 12.2. The number of fused-ring (bicyclic) bond motifs is 5. The molecule has 0 aliphatic heterocycles. The molecule has 0 aromatic heterocycles. The van der Waals surface area contributed by atoms with Gasteiger partial charge in [0.15, 0.2) is 0 Å². The minimum absolute atomic E-state index is 0.117. The van der Waals surface area contributed by atoms with Crippen LogP contribution in [0.1, 0.15) is 72.1 Å².